The van der Waals surface area contributed by atoms with Gasteiger partial charge < -0.3 is 10.1 Å². The molecule has 0 unspecified atom stereocenters. The molecule has 0 saturated carbocycles. The van der Waals surface area contributed by atoms with E-state index in [2.05, 4.69) is 20.0 Å². The van der Waals surface area contributed by atoms with E-state index in [0.29, 0.717) is 24.1 Å². The van der Waals surface area contributed by atoms with Crippen LogP contribution in [-0.2, 0) is 22.5 Å². The number of methoxy groups -OCH3 is 1. The second-order valence-corrected chi connectivity index (χ2v) is 4.67. The van der Waals surface area contributed by atoms with E-state index < -0.39 is 5.97 Å². The Bertz CT molecular complexity index is 644. The van der Waals surface area contributed by atoms with Gasteiger partial charge in [0.25, 0.3) is 0 Å². The highest BCUT2D eigenvalue weighted by atomic mass is 16.5. The number of hydrogen-bond donors (Lipinski definition) is 1. The number of hydrogen-bond acceptors (Lipinski definition) is 5. The fourth-order valence-corrected chi connectivity index (χ4v) is 1.90. The lowest BCUT2D eigenvalue weighted by Crippen LogP contribution is -2.23. The topological polar surface area (TPSA) is 81.2 Å². The molecule has 2 heterocycles. The van der Waals surface area contributed by atoms with Gasteiger partial charge in [-0.3, -0.25) is 14.8 Å². The van der Waals surface area contributed by atoms with Crippen LogP contribution in [0.1, 0.15) is 28.0 Å². The average molecular weight is 299 g/mol. The van der Waals surface area contributed by atoms with Gasteiger partial charge in [-0.05, 0) is 30.2 Å². The van der Waals surface area contributed by atoms with Crippen molar-refractivity contribution in [3.05, 3.63) is 59.7 Å². The largest absolute Gasteiger partial charge is 0.465 e. The minimum Gasteiger partial charge on any atom is -0.465 e. The van der Waals surface area contributed by atoms with E-state index in [4.69, 9.17) is 0 Å². The minimum atomic E-state index is -0.424. The highest BCUT2D eigenvalue weighted by Crippen LogP contribution is 2.04. The number of aromatic nitrogens is 2. The van der Waals surface area contributed by atoms with Crippen molar-refractivity contribution in [2.75, 3.05) is 7.11 Å². The van der Waals surface area contributed by atoms with Gasteiger partial charge in [0.1, 0.15) is 0 Å². The first-order chi connectivity index (χ1) is 10.7. The van der Waals surface area contributed by atoms with Gasteiger partial charge in [-0.25, -0.2) is 4.79 Å². The Kier molecular flexibility index (Phi) is 5.59. The molecule has 6 heteroatoms. The Morgan fingerprint density at radius 1 is 1.27 bits per heavy atom. The van der Waals surface area contributed by atoms with Crippen LogP contribution in [-0.4, -0.2) is 29.0 Å². The third-order valence-electron chi connectivity index (χ3n) is 3.07. The number of nitrogens with zero attached hydrogens (tertiary/aromatic N) is 2. The lowest BCUT2D eigenvalue weighted by atomic mass is 10.1. The molecule has 0 saturated heterocycles. The van der Waals surface area contributed by atoms with Crippen LogP contribution in [0.5, 0.6) is 0 Å². The fourth-order valence-electron chi connectivity index (χ4n) is 1.90. The smallest absolute Gasteiger partial charge is 0.337 e. The zero-order valence-corrected chi connectivity index (χ0v) is 12.3. The molecule has 114 valence electrons. The third kappa shape index (κ3) is 4.66. The summed E-state index contributed by atoms with van der Waals surface area (Å²) >= 11 is 0. The van der Waals surface area contributed by atoms with Crippen molar-refractivity contribution >= 4 is 11.9 Å². The maximum absolute atomic E-state index is 11.8. The van der Waals surface area contributed by atoms with Crippen molar-refractivity contribution in [1.29, 1.82) is 0 Å². The number of nitrogens with one attached hydrogen (secondary N) is 1. The van der Waals surface area contributed by atoms with Crippen molar-refractivity contribution in [3.63, 3.8) is 0 Å². The third-order valence-corrected chi connectivity index (χ3v) is 3.07. The first-order valence-electron chi connectivity index (χ1n) is 6.88. The van der Waals surface area contributed by atoms with Crippen molar-refractivity contribution < 1.29 is 14.3 Å². The predicted molar refractivity (Wildman–Crippen MR) is 80.0 cm³/mol. The van der Waals surface area contributed by atoms with Gasteiger partial charge >= 0.3 is 5.97 Å². The van der Waals surface area contributed by atoms with E-state index in [1.165, 1.54) is 13.3 Å². The molecule has 1 N–H and O–H groups in total. The second-order valence-electron chi connectivity index (χ2n) is 4.67. The minimum absolute atomic E-state index is 0.0749. The summed E-state index contributed by atoms with van der Waals surface area (Å²) in [5.74, 6) is -0.499. The Balaban J connectivity index is 1.82. The average Bonchev–Trinajstić information content (AvgIpc) is 2.58. The Hall–Kier alpha value is -2.76. The van der Waals surface area contributed by atoms with Gasteiger partial charge in [0.05, 0.1) is 24.9 Å². The molecule has 0 aliphatic carbocycles. The van der Waals surface area contributed by atoms with Crippen LogP contribution in [0.3, 0.4) is 0 Å². The maximum atomic E-state index is 11.8. The SMILES string of the molecule is COC(=O)c1ccnc(CNC(=O)CCc2cccnc2)c1. The zero-order chi connectivity index (χ0) is 15.8. The quantitative estimate of drug-likeness (QED) is 0.818. The number of pyridine rings is 2. The zero-order valence-electron chi connectivity index (χ0n) is 12.3. The van der Waals surface area contributed by atoms with Crippen LogP contribution < -0.4 is 5.32 Å². The van der Waals surface area contributed by atoms with Crippen molar-refractivity contribution in [3.8, 4) is 0 Å². The van der Waals surface area contributed by atoms with Crippen LogP contribution in [0.15, 0.2) is 42.9 Å². The van der Waals surface area contributed by atoms with E-state index in [1.54, 1.807) is 24.5 Å². The molecule has 6 nitrogen and oxygen atoms in total. The van der Waals surface area contributed by atoms with Gasteiger partial charge in [0.2, 0.25) is 5.91 Å². The summed E-state index contributed by atoms with van der Waals surface area (Å²) in [4.78, 5) is 31.4. The molecular weight excluding hydrogens is 282 g/mol. The Labute approximate surface area is 128 Å². The molecule has 0 fully saturated rings. The van der Waals surface area contributed by atoms with E-state index in [0.717, 1.165) is 5.56 Å². The first kappa shape index (κ1) is 15.6. The van der Waals surface area contributed by atoms with Crippen molar-refractivity contribution in [2.24, 2.45) is 0 Å². The van der Waals surface area contributed by atoms with Gasteiger partial charge in [-0.2, -0.15) is 0 Å². The number of carbonyl (C=O) groups excluding carboxylic acids is 2. The van der Waals surface area contributed by atoms with E-state index in [1.807, 2.05) is 12.1 Å². The Morgan fingerprint density at radius 2 is 2.14 bits per heavy atom. The molecule has 0 aliphatic rings. The fraction of sp³-hybridized carbons (Fsp3) is 0.250. The monoisotopic (exact) mass is 299 g/mol. The lowest BCUT2D eigenvalue weighted by molar-refractivity contribution is -0.121. The molecule has 2 aromatic heterocycles. The molecule has 0 aliphatic heterocycles. The molecule has 0 spiro atoms. The summed E-state index contributed by atoms with van der Waals surface area (Å²) in [5.41, 5.74) is 2.04. The summed E-state index contributed by atoms with van der Waals surface area (Å²) in [6, 6.07) is 6.95. The summed E-state index contributed by atoms with van der Waals surface area (Å²) < 4.78 is 4.64. The number of amides is 1. The van der Waals surface area contributed by atoms with Crippen molar-refractivity contribution in [1.82, 2.24) is 15.3 Å². The van der Waals surface area contributed by atoms with Crippen LogP contribution in [0.2, 0.25) is 0 Å². The summed E-state index contributed by atoms with van der Waals surface area (Å²) in [6.07, 6.45) is 5.97. The summed E-state index contributed by atoms with van der Waals surface area (Å²) in [6.45, 7) is 0.275. The molecule has 0 bridgehead atoms. The molecule has 0 aromatic carbocycles. The molecule has 0 atom stereocenters. The molecule has 2 rings (SSSR count). The number of aryl methyl sites for hydroxylation is 1. The van der Waals surface area contributed by atoms with E-state index >= 15 is 0 Å². The standard InChI is InChI=1S/C16H17N3O3/c1-22-16(21)13-6-8-18-14(9-13)11-19-15(20)5-4-12-3-2-7-17-10-12/h2-3,6-10H,4-5,11H2,1H3,(H,19,20). The normalized spacial score (nSPS) is 10.0. The van der Waals surface area contributed by atoms with Crippen molar-refractivity contribution in [2.45, 2.75) is 19.4 Å². The molecule has 1 amide bonds. The van der Waals surface area contributed by atoms with Gasteiger partial charge in [-0.1, -0.05) is 6.07 Å². The highest BCUT2D eigenvalue weighted by molar-refractivity contribution is 5.89. The van der Waals surface area contributed by atoms with E-state index in [-0.39, 0.29) is 12.5 Å². The number of rotatable bonds is 6. The first-order valence-corrected chi connectivity index (χ1v) is 6.88. The predicted octanol–water partition coefficient (Wildman–Crippen LogP) is 1.51. The van der Waals surface area contributed by atoms with Crippen LogP contribution in [0.25, 0.3) is 0 Å². The lowest BCUT2D eigenvalue weighted by Gasteiger charge is -2.06. The Morgan fingerprint density at radius 3 is 2.86 bits per heavy atom. The van der Waals surface area contributed by atoms with Crippen LogP contribution in [0.4, 0.5) is 0 Å². The van der Waals surface area contributed by atoms with Crippen LogP contribution >= 0.6 is 0 Å². The van der Waals surface area contributed by atoms with E-state index in [9.17, 15) is 9.59 Å². The molecule has 22 heavy (non-hydrogen) atoms. The summed E-state index contributed by atoms with van der Waals surface area (Å²) in [7, 11) is 1.32. The second kappa shape index (κ2) is 7.87. The molecular formula is C16H17N3O3. The number of esters is 1. The number of carbonyl (C=O) groups is 2. The number of ether oxygens (including phenoxy) is 1. The van der Waals surface area contributed by atoms with Gasteiger partial charge in [0, 0.05) is 25.0 Å². The maximum Gasteiger partial charge on any atom is 0.337 e. The highest BCUT2D eigenvalue weighted by Gasteiger charge is 2.07. The molecule has 0 radical (unpaired) electrons. The van der Waals surface area contributed by atoms with Gasteiger partial charge in [0.15, 0.2) is 0 Å². The van der Waals surface area contributed by atoms with Crippen LogP contribution in [0, 0.1) is 0 Å². The van der Waals surface area contributed by atoms with Gasteiger partial charge in [-0.15, -0.1) is 0 Å². The molecule has 2 aromatic rings. The summed E-state index contributed by atoms with van der Waals surface area (Å²) in [5, 5.41) is 2.78.